The van der Waals surface area contributed by atoms with Crippen molar-refractivity contribution in [3.05, 3.63) is 29.8 Å². The van der Waals surface area contributed by atoms with E-state index in [1.807, 2.05) is 0 Å². The lowest BCUT2D eigenvalue weighted by atomic mass is 9.86. The van der Waals surface area contributed by atoms with E-state index in [4.69, 9.17) is 5.11 Å². The van der Waals surface area contributed by atoms with E-state index < -0.39 is 5.97 Å². The van der Waals surface area contributed by atoms with E-state index in [-0.39, 0.29) is 29.9 Å². The summed E-state index contributed by atoms with van der Waals surface area (Å²) in [6.07, 6.45) is 4.54. The first-order valence-corrected chi connectivity index (χ1v) is 8.72. The molecule has 7 heteroatoms. The Bertz CT molecular complexity index is 664. The van der Waals surface area contributed by atoms with E-state index in [0.717, 1.165) is 12.8 Å². The molecule has 7 nitrogen and oxygen atoms in total. The van der Waals surface area contributed by atoms with E-state index in [1.54, 1.807) is 24.3 Å². The predicted octanol–water partition coefficient (Wildman–Crippen LogP) is 2.34. The van der Waals surface area contributed by atoms with Gasteiger partial charge in [-0.3, -0.25) is 9.59 Å². The maximum Gasteiger partial charge on any atom is 0.319 e. The minimum atomic E-state index is -0.756. The van der Waals surface area contributed by atoms with E-state index in [0.29, 0.717) is 36.9 Å². The van der Waals surface area contributed by atoms with Gasteiger partial charge in [-0.15, -0.1) is 0 Å². The van der Waals surface area contributed by atoms with Crippen molar-refractivity contribution in [2.45, 2.75) is 50.6 Å². The molecule has 2 aliphatic carbocycles. The molecule has 0 atom stereocenters. The van der Waals surface area contributed by atoms with E-state index >= 15 is 0 Å². The molecule has 134 valence electrons. The number of hydrogen-bond acceptors (Lipinski definition) is 3. The summed E-state index contributed by atoms with van der Waals surface area (Å²) < 4.78 is 0. The molecule has 0 aliphatic heterocycles. The zero-order chi connectivity index (χ0) is 17.8. The minimum absolute atomic E-state index is 0.00196. The monoisotopic (exact) mass is 345 g/mol. The van der Waals surface area contributed by atoms with Crippen LogP contribution >= 0.6 is 0 Å². The number of amides is 3. The predicted molar refractivity (Wildman–Crippen MR) is 92.5 cm³/mol. The van der Waals surface area contributed by atoms with Gasteiger partial charge in [0.25, 0.3) is 5.91 Å². The number of anilines is 1. The Kier molecular flexibility index (Phi) is 5.21. The highest BCUT2D eigenvalue weighted by Gasteiger charge is 2.27. The van der Waals surface area contributed by atoms with Crippen molar-refractivity contribution >= 4 is 23.6 Å². The first kappa shape index (κ1) is 17.3. The molecular weight excluding hydrogens is 322 g/mol. The maximum atomic E-state index is 12.4. The van der Waals surface area contributed by atoms with Crippen LogP contribution in [0.4, 0.5) is 10.5 Å². The fourth-order valence-electron chi connectivity index (χ4n) is 3.07. The van der Waals surface area contributed by atoms with Gasteiger partial charge in [0.05, 0.1) is 5.92 Å². The highest BCUT2D eigenvalue weighted by atomic mass is 16.4. The zero-order valence-electron chi connectivity index (χ0n) is 14.0. The van der Waals surface area contributed by atoms with Gasteiger partial charge < -0.3 is 21.1 Å². The first-order chi connectivity index (χ1) is 12.0. The molecule has 3 rings (SSSR count). The molecular formula is C18H23N3O4. The molecule has 2 aliphatic rings. The summed E-state index contributed by atoms with van der Waals surface area (Å²) in [4.78, 5) is 35.1. The third kappa shape index (κ3) is 4.95. The van der Waals surface area contributed by atoms with Crippen LogP contribution in [0, 0.1) is 5.92 Å². The number of rotatable bonds is 5. The summed E-state index contributed by atoms with van der Waals surface area (Å²) in [6, 6.07) is 6.81. The average Bonchev–Trinajstić information content (AvgIpc) is 3.39. The molecule has 4 N–H and O–H groups in total. The number of aliphatic carboxylic acids is 1. The number of carbonyl (C=O) groups is 3. The second-order valence-electron chi connectivity index (χ2n) is 6.81. The second-order valence-corrected chi connectivity index (χ2v) is 6.81. The highest BCUT2D eigenvalue weighted by Crippen LogP contribution is 2.25. The van der Waals surface area contributed by atoms with Crippen LogP contribution < -0.4 is 16.0 Å². The van der Waals surface area contributed by atoms with E-state index in [9.17, 15) is 14.4 Å². The van der Waals surface area contributed by atoms with Crippen LogP contribution in [-0.4, -0.2) is 35.1 Å². The zero-order valence-corrected chi connectivity index (χ0v) is 14.0. The Hall–Kier alpha value is -2.57. The lowest BCUT2D eigenvalue weighted by Gasteiger charge is -2.26. The van der Waals surface area contributed by atoms with Gasteiger partial charge >= 0.3 is 12.0 Å². The molecule has 2 saturated carbocycles. The molecule has 0 radical (unpaired) electrons. The van der Waals surface area contributed by atoms with Crippen LogP contribution in [0.2, 0.25) is 0 Å². The molecule has 0 bridgehead atoms. The molecule has 0 heterocycles. The standard InChI is InChI=1S/C18H23N3O4/c22-16(19-13-6-4-11(5-7-13)17(23)24)12-2-1-3-15(10-12)21-18(25)20-14-8-9-14/h1-3,10-11,13-14H,4-9H2,(H,19,22)(H,23,24)(H2,20,21,25). The summed E-state index contributed by atoms with van der Waals surface area (Å²) in [5.74, 6) is -1.26. The summed E-state index contributed by atoms with van der Waals surface area (Å²) >= 11 is 0. The molecule has 3 amide bonds. The Morgan fingerprint density at radius 3 is 2.20 bits per heavy atom. The number of nitrogens with one attached hydrogen (secondary N) is 3. The third-order valence-electron chi connectivity index (χ3n) is 4.71. The van der Waals surface area contributed by atoms with Gasteiger partial charge in [0.2, 0.25) is 0 Å². The molecule has 25 heavy (non-hydrogen) atoms. The lowest BCUT2D eigenvalue weighted by Crippen LogP contribution is -2.38. The van der Waals surface area contributed by atoms with Crippen molar-refractivity contribution in [2.75, 3.05) is 5.32 Å². The van der Waals surface area contributed by atoms with Crippen LogP contribution in [-0.2, 0) is 4.79 Å². The number of benzene rings is 1. The van der Waals surface area contributed by atoms with Gasteiger partial charge in [0.1, 0.15) is 0 Å². The fourth-order valence-corrected chi connectivity index (χ4v) is 3.07. The van der Waals surface area contributed by atoms with Crippen LogP contribution in [0.3, 0.4) is 0 Å². The Balaban J connectivity index is 1.52. The van der Waals surface area contributed by atoms with Gasteiger partial charge in [-0.2, -0.15) is 0 Å². The SMILES string of the molecule is O=C(Nc1cccc(C(=O)NC2CCC(C(=O)O)CC2)c1)NC1CC1. The highest BCUT2D eigenvalue weighted by molar-refractivity contribution is 5.97. The van der Waals surface area contributed by atoms with Crippen LogP contribution in [0.1, 0.15) is 48.9 Å². The number of carbonyl (C=O) groups excluding carboxylic acids is 2. The Labute approximate surface area is 146 Å². The average molecular weight is 345 g/mol. The molecule has 0 aromatic heterocycles. The summed E-state index contributed by atoms with van der Waals surface area (Å²) in [6.45, 7) is 0. The Morgan fingerprint density at radius 2 is 1.56 bits per heavy atom. The van der Waals surface area contributed by atoms with Crippen molar-refractivity contribution < 1.29 is 19.5 Å². The van der Waals surface area contributed by atoms with E-state index in [2.05, 4.69) is 16.0 Å². The van der Waals surface area contributed by atoms with Gasteiger partial charge in [-0.25, -0.2) is 4.79 Å². The second kappa shape index (κ2) is 7.55. The van der Waals surface area contributed by atoms with Crippen molar-refractivity contribution in [2.24, 2.45) is 5.92 Å². The number of carboxylic acids is 1. The van der Waals surface area contributed by atoms with Crippen LogP contribution in [0.25, 0.3) is 0 Å². The molecule has 0 unspecified atom stereocenters. The minimum Gasteiger partial charge on any atom is -0.481 e. The Morgan fingerprint density at radius 1 is 0.920 bits per heavy atom. The summed E-state index contributed by atoms with van der Waals surface area (Å²) in [7, 11) is 0. The molecule has 0 saturated heterocycles. The smallest absolute Gasteiger partial charge is 0.319 e. The number of hydrogen-bond donors (Lipinski definition) is 4. The van der Waals surface area contributed by atoms with Crippen molar-refractivity contribution in [1.82, 2.24) is 10.6 Å². The molecule has 2 fully saturated rings. The largest absolute Gasteiger partial charge is 0.481 e. The first-order valence-electron chi connectivity index (χ1n) is 8.72. The summed E-state index contributed by atoms with van der Waals surface area (Å²) in [5.41, 5.74) is 1.05. The molecule has 1 aromatic rings. The van der Waals surface area contributed by atoms with Crippen molar-refractivity contribution in [3.8, 4) is 0 Å². The number of urea groups is 1. The van der Waals surface area contributed by atoms with Crippen LogP contribution in [0.15, 0.2) is 24.3 Å². The van der Waals surface area contributed by atoms with Crippen molar-refractivity contribution in [1.29, 1.82) is 0 Å². The lowest BCUT2D eigenvalue weighted by molar-refractivity contribution is -0.142. The molecule has 0 spiro atoms. The molecule has 1 aromatic carbocycles. The van der Waals surface area contributed by atoms with Crippen LogP contribution in [0.5, 0.6) is 0 Å². The maximum absolute atomic E-state index is 12.4. The van der Waals surface area contributed by atoms with Gasteiger partial charge in [-0.05, 0) is 56.7 Å². The topological polar surface area (TPSA) is 108 Å². The summed E-state index contributed by atoms with van der Waals surface area (Å²) in [5, 5.41) is 17.5. The number of carboxylic acid groups (broad SMARTS) is 1. The van der Waals surface area contributed by atoms with Gasteiger partial charge in [0, 0.05) is 23.3 Å². The van der Waals surface area contributed by atoms with Crippen molar-refractivity contribution in [3.63, 3.8) is 0 Å². The van der Waals surface area contributed by atoms with Gasteiger partial charge in [0.15, 0.2) is 0 Å². The fraction of sp³-hybridized carbons (Fsp3) is 0.500. The van der Waals surface area contributed by atoms with E-state index in [1.165, 1.54) is 0 Å². The van der Waals surface area contributed by atoms with Gasteiger partial charge in [-0.1, -0.05) is 6.07 Å². The third-order valence-corrected chi connectivity index (χ3v) is 4.71. The quantitative estimate of drug-likeness (QED) is 0.657. The normalized spacial score (nSPS) is 22.7.